The summed E-state index contributed by atoms with van der Waals surface area (Å²) in [6.45, 7) is 13.4. The lowest BCUT2D eigenvalue weighted by atomic mass is 10.0. The Morgan fingerprint density at radius 1 is 0.833 bits per heavy atom. The largest absolute Gasteiger partial charge is 0.384 e. The Morgan fingerprint density at radius 3 is 1.25 bits per heavy atom. The Kier molecular flexibility index (Phi) is 7.58. The Hall–Kier alpha value is 0.715. The molecule has 0 spiro atoms. The molecule has 0 saturated heterocycles. The summed E-state index contributed by atoms with van der Waals surface area (Å²) in [6.07, 6.45) is 0. The highest BCUT2D eigenvalue weighted by Gasteiger charge is 2.23. The van der Waals surface area contributed by atoms with Gasteiger partial charge in [0.15, 0.2) is 0 Å². The molecule has 0 fully saturated rings. The molecule has 0 N–H and O–H groups in total. The van der Waals surface area contributed by atoms with Gasteiger partial charge in [-0.2, -0.15) is 0 Å². The Morgan fingerprint density at radius 2 is 1.08 bits per heavy atom. The summed E-state index contributed by atoms with van der Waals surface area (Å²) in [5, 5.41) is 0. The van der Waals surface area contributed by atoms with E-state index in [1.165, 1.54) is 0 Å². The molecular formula is C8H20BIN2. The van der Waals surface area contributed by atoms with Crippen LogP contribution in [0, 0.1) is 0 Å². The lowest BCUT2D eigenvalue weighted by Gasteiger charge is -2.30. The molecule has 0 rings (SSSR count). The summed E-state index contributed by atoms with van der Waals surface area (Å²) < 4.78 is 0. The maximum Gasteiger partial charge on any atom is 0.384 e. The van der Waals surface area contributed by atoms with Crippen molar-refractivity contribution in [1.82, 2.24) is 9.62 Å². The normalized spacial score (nSPS) is 11.2. The summed E-state index contributed by atoms with van der Waals surface area (Å²) in [4.78, 5) is 5.49. The van der Waals surface area contributed by atoms with Crippen LogP contribution >= 0.6 is 22.4 Å². The van der Waals surface area contributed by atoms with Gasteiger partial charge in [-0.15, -0.1) is 22.4 Å². The van der Waals surface area contributed by atoms with Gasteiger partial charge in [0.25, 0.3) is 0 Å². The average molecular weight is 282 g/mol. The Labute approximate surface area is 90.7 Å². The maximum absolute atomic E-state index is 2.52. The smallest absolute Gasteiger partial charge is 0.320 e. The summed E-state index contributed by atoms with van der Waals surface area (Å²) in [5.74, 6) is 0. The van der Waals surface area contributed by atoms with Crippen LogP contribution in [0.1, 0.15) is 27.7 Å². The van der Waals surface area contributed by atoms with Crippen LogP contribution in [-0.4, -0.2) is 40.6 Å². The monoisotopic (exact) mass is 282 g/mol. The zero-order valence-corrected chi connectivity index (χ0v) is 10.8. The third-order valence-electron chi connectivity index (χ3n) is 2.23. The molecule has 0 aliphatic carbocycles. The molecular weight excluding hydrogens is 262 g/mol. The molecule has 2 nitrogen and oxygen atoms in total. The van der Waals surface area contributed by atoms with Crippen molar-refractivity contribution >= 4 is 27.2 Å². The molecule has 0 saturated carbocycles. The van der Waals surface area contributed by atoms with Gasteiger partial charge >= 0.3 is 4.84 Å². The zero-order valence-electron chi connectivity index (χ0n) is 8.68. The van der Waals surface area contributed by atoms with Crippen molar-refractivity contribution in [1.29, 1.82) is 0 Å². The summed E-state index contributed by atoms with van der Waals surface area (Å²) >= 11 is 2.52. The maximum atomic E-state index is 2.52. The van der Waals surface area contributed by atoms with E-state index in [2.05, 4.69) is 59.7 Å². The zero-order chi connectivity index (χ0) is 9.56. The van der Waals surface area contributed by atoms with Crippen molar-refractivity contribution in [2.45, 2.75) is 27.7 Å². The average Bonchev–Trinajstić information content (AvgIpc) is 2.09. The van der Waals surface area contributed by atoms with E-state index in [1.54, 1.807) is 0 Å². The highest BCUT2D eigenvalue weighted by Crippen LogP contribution is 2.08. The predicted molar refractivity (Wildman–Crippen MR) is 65.6 cm³/mol. The first-order valence-electron chi connectivity index (χ1n) is 4.83. The number of hydrogen-bond acceptors (Lipinski definition) is 2. The van der Waals surface area contributed by atoms with E-state index in [4.69, 9.17) is 0 Å². The van der Waals surface area contributed by atoms with Gasteiger partial charge in [-0.1, -0.05) is 27.7 Å². The van der Waals surface area contributed by atoms with Crippen molar-refractivity contribution in [3.63, 3.8) is 0 Å². The topological polar surface area (TPSA) is 6.48 Å². The van der Waals surface area contributed by atoms with Gasteiger partial charge in [0.05, 0.1) is 0 Å². The van der Waals surface area contributed by atoms with Crippen molar-refractivity contribution in [2.75, 3.05) is 26.2 Å². The summed E-state index contributed by atoms with van der Waals surface area (Å²) in [5.41, 5.74) is 0. The standard InChI is InChI=1S/C8H20BIN2/c1-5-11(6-2)9(10)12(7-3)8-4/h5-8H2,1-4H3. The molecule has 0 heterocycles. The molecule has 0 amide bonds. The van der Waals surface area contributed by atoms with E-state index >= 15 is 0 Å². The number of hydrogen-bond donors (Lipinski definition) is 0. The van der Waals surface area contributed by atoms with Gasteiger partial charge in [-0.25, -0.2) is 0 Å². The number of rotatable bonds is 6. The van der Waals surface area contributed by atoms with Crippen LogP contribution in [0.4, 0.5) is 0 Å². The van der Waals surface area contributed by atoms with Gasteiger partial charge < -0.3 is 9.62 Å². The second kappa shape index (κ2) is 7.15. The van der Waals surface area contributed by atoms with Crippen molar-refractivity contribution in [3.8, 4) is 0 Å². The van der Waals surface area contributed by atoms with Crippen LogP contribution in [0.2, 0.25) is 0 Å². The first-order chi connectivity index (χ1) is 5.71. The summed E-state index contributed by atoms with van der Waals surface area (Å²) in [6, 6.07) is 0. The van der Waals surface area contributed by atoms with E-state index in [1.807, 2.05) is 0 Å². The molecule has 0 aliphatic heterocycles. The van der Waals surface area contributed by atoms with Crippen molar-refractivity contribution in [3.05, 3.63) is 0 Å². The molecule has 72 valence electrons. The highest BCUT2D eigenvalue weighted by atomic mass is 127. The molecule has 0 bridgehead atoms. The van der Waals surface area contributed by atoms with Gasteiger partial charge in [0, 0.05) is 0 Å². The first-order valence-corrected chi connectivity index (χ1v) is 6.07. The lowest BCUT2D eigenvalue weighted by molar-refractivity contribution is 0.398. The van der Waals surface area contributed by atoms with Gasteiger partial charge in [0.1, 0.15) is 0 Å². The molecule has 0 aliphatic rings. The highest BCUT2D eigenvalue weighted by molar-refractivity contribution is 14.1. The van der Waals surface area contributed by atoms with Crippen molar-refractivity contribution < 1.29 is 0 Å². The third-order valence-corrected chi connectivity index (χ3v) is 3.80. The Bertz CT molecular complexity index is 93.2. The predicted octanol–water partition coefficient (Wildman–Crippen LogP) is 2.09. The van der Waals surface area contributed by atoms with Crippen LogP contribution < -0.4 is 0 Å². The fourth-order valence-corrected chi connectivity index (χ4v) is 2.86. The molecule has 12 heavy (non-hydrogen) atoms. The van der Waals surface area contributed by atoms with Crippen LogP contribution in [0.3, 0.4) is 0 Å². The second-order valence-corrected chi connectivity index (χ2v) is 3.87. The molecule has 0 radical (unpaired) electrons. The van der Waals surface area contributed by atoms with E-state index < -0.39 is 0 Å². The molecule has 0 atom stereocenters. The minimum absolute atomic E-state index is 0.563. The molecule has 0 unspecified atom stereocenters. The van der Waals surface area contributed by atoms with Gasteiger partial charge in [-0.3, -0.25) is 0 Å². The van der Waals surface area contributed by atoms with Gasteiger partial charge in [-0.05, 0) is 26.2 Å². The summed E-state index contributed by atoms with van der Waals surface area (Å²) in [7, 11) is 0. The van der Waals surface area contributed by atoms with Gasteiger partial charge in [0.2, 0.25) is 0 Å². The lowest BCUT2D eigenvalue weighted by Crippen LogP contribution is -2.48. The number of nitrogens with zero attached hydrogens (tertiary/aromatic N) is 2. The van der Waals surface area contributed by atoms with Crippen LogP contribution in [0.15, 0.2) is 0 Å². The minimum Gasteiger partial charge on any atom is -0.320 e. The second-order valence-electron chi connectivity index (χ2n) is 2.75. The Balaban J connectivity index is 4.02. The SMILES string of the molecule is CCN(CC)B(I)N(CC)CC. The van der Waals surface area contributed by atoms with E-state index in [-0.39, 0.29) is 0 Å². The molecule has 0 aromatic carbocycles. The van der Waals surface area contributed by atoms with Crippen molar-refractivity contribution in [2.24, 2.45) is 0 Å². The fraction of sp³-hybridized carbons (Fsp3) is 1.00. The fourth-order valence-electron chi connectivity index (χ4n) is 1.28. The van der Waals surface area contributed by atoms with Crippen LogP contribution in [-0.2, 0) is 0 Å². The van der Waals surface area contributed by atoms with E-state index in [0.717, 1.165) is 26.2 Å². The minimum atomic E-state index is 0.563. The molecule has 0 aromatic heterocycles. The quantitative estimate of drug-likeness (QED) is 0.543. The van der Waals surface area contributed by atoms with Crippen LogP contribution in [0.5, 0.6) is 0 Å². The number of halogens is 1. The first kappa shape index (κ1) is 12.7. The third kappa shape index (κ3) is 3.62. The molecule has 4 heteroatoms. The van der Waals surface area contributed by atoms with E-state index in [0.29, 0.717) is 4.84 Å². The van der Waals surface area contributed by atoms with Crippen LogP contribution in [0.25, 0.3) is 0 Å². The molecule has 0 aromatic rings. The van der Waals surface area contributed by atoms with E-state index in [9.17, 15) is 0 Å².